The summed E-state index contributed by atoms with van der Waals surface area (Å²) in [5, 5.41) is 9.76. The fraction of sp³-hybridized carbons (Fsp3) is 0.0588. The van der Waals surface area contributed by atoms with E-state index in [0.29, 0.717) is 5.56 Å². The lowest BCUT2D eigenvalue weighted by molar-refractivity contribution is 0.0988. The number of carbonyl (C=O) groups is 1. The first-order valence-electron chi connectivity index (χ1n) is 6.55. The minimum absolute atomic E-state index is 0.0707. The molecule has 0 spiro atoms. The van der Waals surface area contributed by atoms with Crippen LogP contribution < -0.4 is 0 Å². The fourth-order valence-corrected chi connectivity index (χ4v) is 2.05. The number of phenolic OH excluding ortho intramolecular Hbond substituents is 1. The molecule has 0 aliphatic rings. The van der Waals surface area contributed by atoms with Crippen molar-refractivity contribution in [3.05, 3.63) is 72.1 Å². The zero-order valence-corrected chi connectivity index (χ0v) is 11.2. The minimum atomic E-state index is -0.119. The van der Waals surface area contributed by atoms with E-state index in [1.54, 1.807) is 24.3 Å². The van der Waals surface area contributed by atoms with E-state index in [0.717, 1.165) is 5.56 Å². The second-order valence-electron chi connectivity index (χ2n) is 4.64. The van der Waals surface area contributed by atoms with Crippen molar-refractivity contribution >= 4 is 5.78 Å². The van der Waals surface area contributed by atoms with Crippen LogP contribution in [0, 0.1) is 0 Å². The summed E-state index contributed by atoms with van der Waals surface area (Å²) in [6, 6.07) is 16.2. The van der Waals surface area contributed by atoms with Crippen molar-refractivity contribution in [1.29, 1.82) is 0 Å². The number of hydrogen-bond donors (Lipinski definition) is 1. The average Bonchev–Trinajstić information content (AvgIpc) is 2.98. The molecule has 0 saturated carbocycles. The molecule has 0 atom stereocenters. The summed E-state index contributed by atoms with van der Waals surface area (Å²) in [5.41, 5.74) is 1.66. The number of Topliss-reactive ketones (excluding diaryl/α,β-unsaturated/α-hetero) is 1. The maximum absolute atomic E-state index is 12.2. The molecular weight excluding hydrogens is 266 g/mol. The van der Waals surface area contributed by atoms with Gasteiger partial charge in [0.15, 0.2) is 5.78 Å². The molecule has 0 bridgehead atoms. The Hall–Kier alpha value is -2.88. The number of aromatic nitrogens is 1. The largest absolute Gasteiger partial charge is 0.507 e. The first-order valence-corrected chi connectivity index (χ1v) is 6.55. The second kappa shape index (κ2) is 5.63. The van der Waals surface area contributed by atoms with Gasteiger partial charge in [0.05, 0.1) is 5.56 Å². The van der Waals surface area contributed by atoms with Gasteiger partial charge < -0.3 is 9.52 Å². The molecule has 3 rings (SSSR count). The molecule has 0 aliphatic heterocycles. The van der Waals surface area contributed by atoms with E-state index in [-0.39, 0.29) is 29.5 Å². The zero-order chi connectivity index (χ0) is 14.7. The summed E-state index contributed by atoms with van der Waals surface area (Å²) in [6.45, 7) is 0. The number of aromatic hydroxyl groups is 1. The van der Waals surface area contributed by atoms with Gasteiger partial charge in [0.2, 0.25) is 5.89 Å². The van der Waals surface area contributed by atoms with Crippen LogP contribution in [0.4, 0.5) is 0 Å². The van der Waals surface area contributed by atoms with Crippen molar-refractivity contribution in [3.63, 3.8) is 0 Å². The highest BCUT2D eigenvalue weighted by Crippen LogP contribution is 2.27. The Bertz CT molecular complexity index is 762. The summed E-state index contributed by atoms with van der Waals surface area (Å²) >= 11 is 0. The molecular formula is C17H13NO3. The van der Waals surface area contributed by atoms with Gasteiger partial charge in [0.1, 0.15) is 17.7 Å². The lowest BCUT2D eigenvalue weighted by atomic mass is 10.1. The van der Waals surface area contributed by atoms with Gasteiger partial charge in [-0.05, 0) is 17.7 Å². The van der Waals surface area contributed by atoms with Crippen molar-refractivity contribution in [2.24, 2.45) is 0 Å². The van der Waals surface area contributed by atoms with Crippen LogP contribution in [0.2, 0.25) is 0 Å². The lowest BCUT2D eigenvalue weighted by Gasteiger charge is -1.98. The van der Waals surface area contributed by atoms with Crippen LogP contribution in [0.3, 0.4) is 0 Å². The SMILES string of the molecule is O=C(Cc1ccccc1)c1coc(-c2ccccc2O)n1. The maximum atomic E-state index is 12.2. The Morgan fingerprint density at radius 1 is 1.05 bits per heavy atom. The molecule has 4 heteroatoms. The van der Waals surface area contributed by atoms with Crippen molar-refractivity contribution in [2.75, 3.05) is 0 Å². The molecule has 0 amide bonds. The molecule has 104 valence electrons. The van der Waals surface area contributed by atoms with Gasteiger partial charge >= 0.3 is 0 Å². The second-order valence-corrected chi connectivity index (χ2v) is 4.64. The smallest absolute Gasteiger partial charge is 0.230 e. The topological polar surface area (TPSA) is 63.3 Å². The maximum Gasteiger partial charge on any atom is 0.230 e. The predicted molar refractivity (Wildman–Crippen MR) is 78.1 cm³/mol. The predicted octanol–water partition coefficient (Wildman–Crippen LogP) is 3.47. The Labute approximate surface area is 121 Å². The van der Waals surface area contributed by atoms with Crippen molar-refractivity contribution in [1.82, 2.24) is 4.98 Å². The van der Waals surface area contributed by atoms with Crippen LogP contribution >= 0.6 is 0 Å². The molecule has 3 aromatic rings. The molecule has 0 unspecified atom stereocenters. The summed E-state index contributed by atoms with van der Waals surface area (Å²) in [4.78, 5) is 16.3. The third-order valence-corrected chi connectivity index (χ3v) is 3.13. The highest BCUT2D eigenvalue weighted by molar-refractivity contribution is 5.95. The highest BCUT2D eigenvalue weighted by Gasteiger charge is 2.15. The number of para-hydroxylation sites is 1. The average molecular weight is 279 g/mol. The zero-order valence-electron chi connectivity index (χ0n) is 11.2. The van der Waals surface area contributed by atoms with Crippen molar-refractivity contribution in [2.45, 2.75) is 6.42 Å². The van der Waals surface area contributed by atoms with Crippen LogP contribution in [0.25, 0.3) is 11.5 Å². The Balaban J connectivity index is 1.82. The Morgan fingerprint density at radius 2 is 1.76 bits per heavy atom. The molecule has 0 fully saturated rings. The standard InChI is InChI=1S/C17H13NO3/c19-15-9-5-4-8-13(15)17-18-14(11-21-17)16(20)10-12-6-2-1-3-7-12/h1-9,11,19H,10H2. The monoisotopic (exact) mass is 279 g/mol. The number of carbonyl (C=O) groups excluding carboxylic acids is 1. The Morgan fingerprint density at radius 3 is 2.52 bits per heavy atom. The van der Waals surface area contributed by atoms with Gasteiger partial charge in [0.25, 0.3) is 0 Å². The number of phenols is 1. The van der Waals surface area contributed by atoms with Gasteiger partial charge in [0, 0.05) is 6.42 Å². The summed E-state index contributed by atoms with van der Waals surface area (Å²) in [5.74, 6) is 0.192. The highest BCUT2D eigenvalue weighted by atomic mass is 16.3. The molecule has 2 aromatic carbocycles. The fourth-order valence-electron chi connectivity index (χ4n) is 2.05. The number of benzene rings is 2. The quantitative estimate of drug-likeness (QED) is 0.743. The molecule has 1 aromatic heterocycles. The van der Waals surface area contributed by atoms with Gasteiger partial charge in [-0.1, -0.05) is 42.5 Å². The lowest BCUT2D eigenvalue weighted by Crippen LogP contribution is -2.03. The summed E-state index contributed by atoms with van der Waals surface area (Å²) in [7, 11) is 0. The molecule has 0 radical (unpaired) electrons. The number of nitrogens with zero attached hydrogens (tertiary/aromatic N) is 1. The number of ketones is 1. The summed E-state index contributed by atoms with van der Waals surface area (Å²) < 4.78 is 5.30. The number of rotatable bonds is 4. The third kappa shape index (κ3) is 2.84. The van der Waals surface area contributed by atoms with E-state index in [1.165, 1.54) is 6.26 Å². The first-order chi connectivity index (χ1) is 10.2. The molecule has 1 heterocycles. The van der Waals surface area contributed by atoms with E-state index in [1.807, 2.05) is 30.3 Å². The van der Waals surface area contributed by atoms with E-state index < -0.39 is 0 Å². The molecule has 0 saturated heterocycles. The Kier molecular flexibility index (Phi) is 3.51. The third-order valence-electron chi connectivity index (χ3n) is 3.13. The van der Waals surface area contributed by atoms with Crippen molar-refractivity contribution in [3.8, 4) is 17.2 Å². The minimum Gasteiger partial charge on any atom is -0.507 e. The molecule has 21 heavy (non-hydrogen) atoms. The van der Waals surface area contributed by atoms with Gasteiger partial charge in [-0.25, -0.2) is 4.98 Å². The molecule has 4 nitrogen and oxygen atoms in total. The van der Waals surface area contributed by atoms with Crippen molar-refractivity contribution < 1.29 is 14.3 Å². The van der Waals surface area contributed by atoms with E-state index in [2.05, 4.69) is 4.98 Å². The van der Waals surface area contributed by atoms with Crippen LogP contribution in [-0.2, 0) is 6.42 Å². The van der Waals surface area contributed by atoms with Crippen LogP contribution in [-0.4, -0.2) is 15.9 Å². The number of oxazole rings is 1. The summed E-state index contributed by atoms with van der Waals surface area (Å²) in [6.07, 6.45) is 1.60. The molecule has 0 aliphatic carbocycles. The molecule has 1 N–H and O–H groups in total. The normalized spacial score (nSPS) is 10.5. The van der Waals surface area contributed by atoms with E-state index >= 15 is 0 Å². The van der Waals surface area contributed by atoms with Gasteiger partial charge in [-0.15, -0.1) is 0 Å². The van der Waals surface area contributed by atoms with Crippen LogP contribution in [0.5, 0.6) is 5.75 Å². The van der Waals surface area contributed by atoms with E-state index in [9.17, 15) is 9.90 Å². The van der Waals surface area contributed by atoms with Gasteiger partial charge in [-0.2, -0.15) is 0 Å². The van der Waals surface area contributed by atoms with Crippen LogP contribution in [0.15, 0.2) is 65.3 Å². The van der Waals surface area contributed by atoms with Crippen LogP contribution in [0.1, 0.15) is 16.1 Å². The van der Waals surface area contributed by atoms with E-state index in [4.69, 9.17) is 4.42 Å². The number of hydrogen-bond acceptors (Lipinski definition) is 4. The van der Waals surface area contributed by atoms with Gasteiger partial charge in [-0.3, -0.25) is 4.79 Å². The first kappa shape index (κ1) is 13.1.